The summed E-state index contributed by atoms with van der Waals surface area (Å²) in [6.45, 7) is 0. The zero-order valence-corrected chi connectivity index (χ0v) is 21.9. The second kappa shape index (κ2) is 8.70. The van der Waals surface area contributed by atoms with E-state index in [1.807, 2.05) is 6.08 Å². The second-order valence-electron chi connectivity index (χ2n) is 10.7. The van der Waals surface area contributed by atoms with E-state index < -0.39 is 5.41 Å². The van der Waals surface area contributed by atoms with Crippen LogP contribution in [-0.4, -0.2) is 0 Å². The normalized spacial score (nSPS) is 15.5. The third-order valence-corrected chi connectivity index (χ3v) is 8.65. The molecule has 0 unspecified atom stereocenters. The highest BCUT2D eigenvalue weighted by Crippen LogP contribution is 2.62. The maximum Gasteiger partial charge on any atom is 0.132 e. The third-order valence-electron chi connectivity index (χ3n) is 8.65. The summed E-state index contributed by atoms with van der Waals surface area (Å²) in [5, 5.41) is 9.36. The Hall–Kier alpha value is -5.13. The van der Waals surface area contributed by atoms with Crippen molar-refractivity contribution in [2.45, 2.75) is 18.3 Å². The van der Waals surface area contributed by atoms with E-state index in [-0.39, 0.29) is 0 Å². The van der Waals surface area contributed by atoms with Gasteiger partial charge in [0.1, 0.15) is 11.5 Å². The average Bonchev–Trinajstić information content (AvgIpc) is 3.32. The minimum atomic E-state index is -0.460. The lowest BCUT2D eigenvalue weighted by molar-refractivity contribution is 0.436. The van der Waals surface area contributed by atoms with Crippen LogP contribution < -0.4 is 4.74 Å². The molecule has 0 fully saturated rings. The summed E-state index contributed by atoms with van der Waals surface area (Å²) in [4.78, 5) is 0. The smallest absolute Gasteiger partial charge is 0.132 e. The minimum Gasteiger partial charge on any atom is -0.457 e. The zero-order chi connectivity index (χ0) is 26.7. The molecule has 5 aromatic carbocycles. The van der Waals surface area contributed by atoms with Gasteiger partial charge in [0.15, 0.2) is 0 Å². The van der Waals surface area contributed by atoms with Gasteiger partial charge in [-0.3, -0.25) is 0 Å². The van der Waals surface area contributed by atoms with Crippen molar-refractivity contribution < 1.29 is 4.74 Å². The summed E-state index contributed by atoms with van der Waals surface area (Å²) >= 11 is 0. The zero-order valence-electron chi connectivity index (χ0n) is 21.9. The summed E-state index contributed by atoms with van der Waals surface area (Å²) in [5.74, 6) is 1.80. The number of nitriles is 1. The molecule has 0 atom stereocenters. The number of nitrogens with zero attached hydrogens (tertiary/aromatic N) is 1. The molecule has 0 N–H and O–H groups in total. The Balaban J connectivity index is 1.32. The molecule has 2 heteroatoms. The lowest BCUT2D eigenvalue weighted by Gasteiger charge is -2.39. The average molecular weight is 512 g/mol. The second-order valence-corrected chi connectivity index (χ2v) is 10.7. The first kappa shape index (κ1) is 22.8. The predicted octanol–water partition coefficient (Wildman–Crippen LogP) is 9.45. The Labute approximate surface area is 234 Å². The van der Waals surface area contributed by atoms with Gasteiger partial charge >= 0.3 is 0 Å². The van der Waals surface area contributed by atoms with Crippen LogP contribution >= 0.6 is 0 Å². The van der Waals surface area contributed by atoms with E-state index in [4.69, 9.17) is 4.74 Å². The van der Waals surface area contributed by atoms with Gasteiger partial charge in [0, 0.05) is 16.7 Å². The van der Waals surface area contributed by atoms with Crippen molar-refractivity contribution in [3.63, 3.8) is 0 Å². The maximum absolute atomic E-state index is 9.36. The molecule has 0 aromatic heterocycles. The van der Waals surface area contributed by atoms with Crippen molar-refractivity contribution in [1.29, 1.82) is 5.26 Å². The van der Waals surface area contributed by atoms with Gasteiger partial charge in [0.25, 0.3) is 0 Å². The fourth-order valence-electron chi connectivity index (χ4n) is 6.88. The quantitative estimate of drug-likeness (QED) is 0.232. The molecule has 1 spiro atoms. The third kappa shape index (κ3) is 3.15. The molecule has 0 saturated carbocycles. The molecule has 2 nitrogen and oxygen atoms in total. The van der Waals surface area contributed by atoms with Crippen LogP contribution in [-0.2, 0) is 5.41 Å². The van der Waals surface area contributed by atoms with Gasteiger partial charge in [-0.2, -0.15) is 5.26 Å². The Morgan fingerprint density at radius 1 is 0.600 bits per heavy atom. The first-order valence-corrected chi connectivity index (χ1v) is 13.8. The van der Waals surface area contributed by atoms with Crippen LogP contribution in [0.1, 0.15) is 40.7 Å². The van der Waals surface area contributed by atoms with E-state index in [1.165, 1.54) is 33.4 Å². The molecule has 40 heavy (non-hydrogen) atoms. The van der Waals surface area contributed by atoms with E-state index >= 15 is 0 Å². The highest BCUT2D eigenvalue weighted by Gasteiger charge is 2.50. The van der Waals surface area contributed by atoms with E-state index in [1.54, 1.807) is 0 Å². The van der Waals surface area contributed by atoms with Gasteiger partial charge in [-0.15, -0.1) is 0 Å². The van der Waals surface area contributed by atoms with Crippen LogP contribution in [0.4, 0.5) is 0 Å². The van der Waals surface area contributed by atoms with Crippen molar-refractivity contribution in [2.24, 2.45) is 0 Å². The van der Waals surface area contributed by atoms with Gasteiger partial charge in [-0.25, -0.2) is 0 Å². The Morgan fingerprint density at radius 2 is 1.20 bits per heavy atom. The Bertz CT molecular complexity index is 1890. The van der Waals surface area contributed by atoms with Crippen LogP contribution in [0.3, 0.4) is 0 Å². The molecule has 2 aliphatic carbocycles. The van der Waals surface area contributed by atoms with Crippen LogP contribution in [0.25, 0.3) is 27.8 Å². The van der Waals surface area contributed by atoms with Gasteiger partial charge in [0.05, 0.1) is 11.5 Å². The molecule has 188 valence electrons. The number of benzene rings is 5. The molecule has 1 aliphatic heterocycles. The van der Waals surface area contributed by atoms with E-state index in [0.29, 0.717) is 0 Å². The summed E-state index contributed by atoms with van der Waals surface area (Å²) in [6, 6.07) is 43.8. The molecule has 5 aromatic rings. The number of allylic oxidation sites excluding steroid dienone is 4. The molecule has 0 amide bonds. The monoisotopic (exact) mass is 511 g/mol. The molecule has 8 rings (SSSR count). The van der Waals surface area contributed by atoms with Crippen LogP contribution in [0, 0.1) is 11.3 Å². The van der Waals surface area contributed by atoms with Crippen LogP contribution in [0.5, 0.6) is 11.5 Å². The molecule has 0 saturated heterocycles. The number of fused-ring (bicyclic) bond motifs is 9. The van der Waals surface area contributed by atoms with Crippen LogP contribution in [0.15, 0.2) is 133 Å². The van der Waals surface area contributed by atoms with Crippen molar-refractivity contribution in [3.8, 4) is 39.8 Å². The van der Waals surface area contributed by atoms with Crippen molar-refractivity contribution >= 4 is 5.57 Å². The molecule has 0 radical (unpaired) electrons. The predicted molar refractivity (Wildman–Crippen MR) is 160 cm³/mol. The van der Waals surface area contributed by atoms with E-state index in [2.05, 4.69) is 127 Å². The highest BCUT2D eigenvalue weighted by molar-refractivity contribution is 5.89. The van der Waals surface area contributed by atoms with Crippen molar-refractivity contribution in [3.05, 3.63) is 161 Å². The molecule has 3 aliphatic rings. The van der Waals surface area contributed by atoms with Gasteiger partial charge in [-0.1, -0.05) is 103 Å². The minimum absolute atomic E-state index is 0.460. The standard InChI is InChI=1S/C38H25NO/c39-24-25-8-7-9-28(22-25)26-16-18-27(19-17-26)29-20-21-37-35(23-29)38(34-14-5-6-15-36(34)40-37)32-12-3-1-10-30(32)31-11-2-4-13-33(31)38/h1-6,9-23H,7-8H2. The number of ether oxygens (including phenoxy) is 1. The van der Waals surface area contributed by atoms with E-state index in [9.17, 15) is 5.26 Å². The van der Waals surface area contributed by atoms with Crippen LogP contribution in [0.2, 0.25) is 0 Å². The topological polar surface area (TPSA) is 33.0 Å². The maximum atomic E-state index is 9.36. The van der Waals surface area contributed by atoms with E-state index in [0.717, 1.165) is 52.2 Å². The van der Waals surface area contributed by atoms with Crippen molar-refractivity contribution in [2.75, 3.05) is 0 Å². The first-order chi connectivity index (χ1) is 19.8. The van der Waals surface area contributed by atoms with Crippen molar-refractivity contribution in [1.82, 2.24) is 0 Å². The fourth-order valence-corrected chi connectivity index (χ4v) is 6.88. The Kier molecular flexibility index (Phi) is 4.96. The molecular weight excluding hydrogens is 486 g/mol. The van der Waals surface area contributed by atoms with Gasteiger partial charge in [-0.05, 0) is 81.6 Å². The summed E-state index contributed by atoms with van der Waals surface area (Å²) in [6.07, 6.45) is 5.98. The molecular formula is C38H25NO. The Morgan fingerprint density at radius 3 is 1.93 bits per heavy atom. The van der Waals surface area contributed by atoms with Gasteiger partial charge in [0.2, 0.25) is 0 Å². The highest BCUT2D eigenvalue weighted by atomic mass is 16.5. The number of rotatable bonds is 2. The van der Waals surface area contributed by atoms with Gasteiger partial charge < -0.3 is 4.74 Å². The SMILES string of the molecule is N#CC1=CC(c2ccc(-c3ccc4c(c3)C3(c5ccccc5O4)c4ccccc4-c4ccccc43)cc2)=CCC1. The first-order valence-electron chi connectivity index (χ1n) is 13.8. The molecule has 0 bridgehead atoms. The summed E-state index contributed by atoms with van der Waals surface area (Å²) < 4.78 is 6.56. The number of hydrogen-bond donors (Lipinski definition) is 0. The molecule has 1 heterocycles. The lowest BCUT2D eigenvalue weighted by atomic mass is 9.66. The summed E-state index contributed by atoms with van der Waals surface area (Å²) in [7, 11) is 0. The lowest BCUT2D eigenvalue weighted by Crippen LogP contribution is -2.32. The largest absolute Gasteiger partial charge is 0.457 e. The number of para-hydroxylation sites is 1. The summed E-state index contributed by atoms with van der Waals surface area (Å²) in [5.41, 5.74) is 12.5. The number of hydrogen-bond acceptors (Lipinski definition) is 2. The fraction of sp³-hybridized carbons (Fsp3) is 0.0789.